The molecule has 1 saturated carbocycles. The van der Waals surface area contributed by atoms with E-state index in [1.165, 1.54) is 0 Å². The second-order valence-corrected chi connectivity index (χ2v) is 14.6. The van der Waals surface area contributed by atoms with Crippen molar-refractivity contribution in [2.24, 2.45) is 16.6 Å². The first-order valence-corrected chi connectivity index (χ1v) is 18.6. The number of pyridine rings is 1. The Morgan fingerprint density at radius 2 is 1.98 bits per heavy atom. The third-order valence-corrected chi connectivity index (χ3v) is 11.3. The lowest BCUT2D eigenvalue weighted by atomic mass is 9.93. The number of nitrogens with one attached hydrogen (secondary N) is 1. The molecule has 3 fully saturated rings. The number of aliphatic imine (C=N–C) groups is 1. The number of amides is 1. The van der Waals surface area contributed by atoms with Gasteiger partial charge in [0.1, 0.15) is 11.2 Å². The highest BCUT2D eigenvalue weighted by Crippen LogP contribution is 2.46. The van der Waals surface area contributed by atoms with Crippen LogP contribution in [-0.2, 0) is 11.2 Å². The Bertz CT molecular complexity index is 2160. The highest BCUT2D eigenvalue weighted by molar-refractivity contribution is 6.43. The Morgan fingerprint density at radius 3 is 2.58 bits per heavy atom. The van der Waals surface area contributed by atoms with Crippen LogP contribution in [0.2, 0.25) is 10.0 Å². The molecule has 280 valence electrons. The van der Waals surface area contributed by atoms with Crippen LogP contribution in [0, 0.1) is 30.0 Å². The third-order valence-electron chi connectivity index (χ3n) is 10.5. The van der Waals surface area contributed by atoms with Gasteiger partial charge in [0, 0.05) is 71.5 Å². The minimum atomic E-state index is -2.79. The van der Waals surface area contributed by atoms with Gasteiger partial charge in [-0.1, -0.05) is 35.3 Å². The number of benzene rings is 2. The van der Waals surface area contributed by atoms with E-state index in [4.69, 9.17) is 39.0 Å². The number of allylic oxidation sites excluding steroid dienone is 1. The van der Waals surface area contributed by atoms with Gasteiger partial charge in [-0.2, -0.15) is 5.26 Å². The molecule has 2 aromatic carbocycles. The molecule has 2 saturated heterocycles. The van der Waals surface area contributed by atoms with E-state index < -0.39 is 23.7 Å². The number of aliphatic hydroxyl groups excluding tert-OH is 1. The van der Waals surface area contributed by atoms with Crippen molar-refractivity contribution in [1.82, 2.24) is 19.8 Å². The summed E-state index contributed by atoms with van der Waals surface area (Å²) in [5.41, 5.74) is 8.67. The van der Waals surface area contributed by atoms with Gasteiger partial charge < -0.3 is 25.6 Å². The molecule has 2 aromatic heterocycles. The molecular weight excluding hydrogens is 726 g/mol. The summed E-state index contributed by atoms with van der Waals surface area (Å²) in [4.78, 5) is 23.5. The van der Waals surface area contributed by atoms with Crippen molar-refractivity contribution in [3.63, 3.8) is 0 Å². The van der Waals surface area contributed by atoms with E-state index in [1.807, 2.05) is 13.0 Å². The number of aromatic nitrogens is 2. The van der Waals surface area contributed by atoms with Gasteiger partial charge in [0.15, 0.2) is 11.6 Å². The van der Waals surface area contributed by atoms with E-state index in [1.54, 1.807) is 18.2 Å². The average molecular weight is 769 g/mol. The number of likely N-dealkylation sites (tertiary alicyclic amines) is 1. The molecule has 7 rings (SSSR count). The lowest BCUT2D eigenvalue weighted by molar-refractivity contribution is -0.133. The molecule has 4 heterocycles. The molecule has 0 spiro atoms. The second kappa shape index (κ2) is 16.0. The number of carbonyl (C=O) groups is 1. The van der Waals surface area contributed by atoms with Gasteiger partial charge in [-0.05, 0) is 82.7 Å². The summed E-state index contributed by atoms with van der Waals surface area (Å²) in [7, 11) is 1.15. The SMILES string of the molecule is CN=C(/C(O)=C\N)C(F)F.Cc1nc2c(F)c(-c3cccc(Cl)c3Cl)c(CCC#N)cc2c2c1cc(C1CCCN1C(=O)C1CC1)n2C1CCN[C@@H]1C. The van der Waals surface area contributed by atoms with Crippen LogP contribution in [0.25, 0.3) is 32.9 Å². The van der Waals surface area contributed by atoms with Crippen molar-refractivity contribution in [1.29, 1.82) is 5.26 Å². The van der Waals surface area contributed by atoms with Crippen LogP contribution in [0.15, 0.2) is 47.3 Å². The number of rotatable bonds is 8. The Hall–Kier alpha value is -4.31. The molecule has 3 aliphatic rings. The molecule has 1 aliphatic carbocycles. The average Bonchev–Trinajstić information content (AvgIpc) is 3.51. The number of aryl methyl sites for hydroxylation is 2. The molecule has 2 aliphatic heterocycles. The molecule has 0 radical (unpaired) electrons. The van der Waals surface area contributed by atoms with Gasteiger partial charge in [-0.3, -0.25) is 9.79 Å². The lowest BCUT2D eigenvalue weighted by Crippen LogP contribution is -2.34. The summed E-state index contributed by atoms with van der Waals surface area (Å²) in [5, 5.41) is 24.0. The fourth-order valence-electron chi connectivity index (χ4n) is 7.80. The van der Waals surface area contributed by atoms with Crippen LogP contribution >= 0.6 is 23.2 Å². The Kier molecular flexibility index (Phi) is 11.6. The van der Waals surface area contributed by atoms with Crippen LogP contribution in [0.5, 0.6) is 0 Å². The maximum atomic E-state index is 16.9. The molecule has 4 aromatic rings. The first-order chi connectivity index (χ1) is 25.4. The minimum Gasteiger partial charge on any atom is -0.504 e. The fraction of sp³-hybridized carbons (Fsp3) is 0.436. The van der Waals surface area contributed by atoms with Crippen LogP contribution in [0.1, 0.15) is 74.5 Å². The second-order valence-electron chi connectivity index (χ2n) is 13.8. The van der Waals surface area contributed by atoms with Crippen molar-refractivity contribution >= 4 is 56.6 Å². The molecule has 14 heteroatoms. The fourth-order valence-corrected chi connectivity index (χ4v) is 8.20. The standard InChI is InChI=1S/C34H34Cl2FN5O.C5H8F2N2O/c1-18-23-17-28(27-9-5-15-41(27)34(43)20-10-11-20)42(26-12-14-39-19(26)2)33(23)24-16-21(6-4-13-38)29(31(37)32(24)40-18)22-7-3-8-25(35)30(22)36;1-9-4(5(6)7)3(10)2-8/h3,7-8,16-17,19-20,26-27,39H,4-6,9-12,14-15H2,1-2H3;2,5,10H,8H2,1H3/b;3-2+,9-4?/t19-,26?,27?;/m1./s1. The van der Waals surface area contributed by atoms with Gasteiger partial charge in [0.2, 0.25) is 5.91 Å². The number of hydrogen-bond acceptors (Lipinski definition) is 7. The van der Waals surface area contributed by atoms with E-state index in [0.717, 1.165) is 79.9 Å². The van der Waals surface area contributed by atoms with Crippen molar-refractivity contribution in [3.05, 3.63) is 75.1 Å². The molecule has 3 atom stereocenters. The Balaban J connectivity index is 0.000000423. The Labute approximate surface area is 316 Å². The van der Waals surface area contributed by atoms with Crippen LogP contribution in [0.4, 0.5) is 13.2 Å². The van der Waals surface area contributed by atoms with Gasteiger partial charge in [-0.15, -0.1) is 0 Å². The predicted molar refractivity (Wildman–Crippen MR) is 203 cm³/mol. The summed E-state index contributed by atoms with van der Waals surface area (Å²) < 4.78 is 42.8. The third kappa shape index (κ3) is 7.31. The first kappa shape index (κ1) is 38.4. The van der Waals surface area contributed by atoms with Gasteiger partial charge >= 0.3 is 0 Å². The van der Waals surface area contributed by atoms with Gasteiger partial charge in [0.25, 0.3) is 6.43 Å². The summed E-state index contributed by atoms with van der Waals surface area (Å²) in [6.45, 7) is 5.79. The minimum absolute atomic E-state index is 0.0183. The van der Waals surface area contributed by atoms with Crippen molar-refractivity contribution in [2.45, 2.75) is 83.3 Å². The number of nitrogens with zero attached hydrogens (tertiary/aromatic N) is 5. The maximum absolute atomic E-state index is 16.9. The van der Waals surface area contributed by atoms with E-state index in [0.29, 0.717) is 34.3 Å². The predicted octanol–water partition coefficient (Wildman–Crippen LogP) is 8.74. The number of halogens is 5. The number of nitrogens with two attached hydrogens (primary N) is 1. The smallest absolute Gasteiger partial charge is 0.283 e. The van der Waals surface area contributed by atoms with Gasteiger partial charge in [-0.25, -0.2) is 18.2 Å². The van der Waals surface area contributed by atoms with Crippen LogP contribution < -0.4 is 11.1 Å². The zero-order chi connectivity index (χ0) is 38.1. The summed E-state index contributed by atoms with van der Waals surface area (Å²) in [6, 6.07) is 12.0. The van der Waals surface area contributed by atoms with Gasteiger partial charge in [0.05, 0.1) is 33.7 Å². The first-order valence-electron chi connectivity index (χ1n) is 17.8. The summed E-state index contributed by atoms with van der Waals surface area (Å²) >= 11 is 13.0. The number of carbonyl (C=O) groups excluding carboxylic acids is 1. The monoisotopic (exact) mass is 767 g/mol. The lowest BCUT2D eigenvalue weighted by Gasteiger charge is -2.30. The number of nitriles is 1. The van der Waals surface area contributed by atoms with Crippen molar-refractivity contribution in [2.75, 3.05) is 20.1 Å². The normalized spacial score (nSPS) is 20.7. The number of fused-ring (bicyclic) bond motifs is 3. The highest BCUT2D eigenvalue weighted by atomic mass is 35.5. The van der Waals surface area contributed by atoms with E-state index >= 15 is 4.39 Å². The molecular formula is C39H42Cl2F3N7O2. The molecule has 1 amide bonds. The van der Waals surface area contributed by atoms with E-state index in [-0.39, 0.29) is 46.9 Å². The van der Waals surface area contributed by atoms with Crippen molar-refractivity contribution < 1.29 is 23.1 Å². The maximum Gasteiger partial charge on any atom is 0.283 e. The molecule has 4 N–H and O–H groups in total. The van der Waals surface area contributed by atoms with E-state index in [9.17, 15) is 18.8 Å². The zero-order valence-corrected chi connectivity index (χ0v) is 31.3. The van der Waals surface area contributed by atoms with Crippen molar-refractivity contribution in [3.8, 4) is 17.2 Å². The van der Waals surface area contributed by atoms with Crippen LogP contribution in [0.3, 0.4) is 0 Å². The number of hydrogen-bond donors (Lipinski definition) is 3. The number of aliphatic hydroxyl groups is 1. The summed E-state index contributed by atoms with van der Waals surface area (Å²) in [5.74, 6) is -0.719. The topological polar surface area (TPSA) is 133 Å². The molecule has 53 heavy (non-hydrogen) atoms. The van der Waals surface area contributed by atoms with Crippen LogP contribution in [-0.4, -0.2) is 63.8 Å². The van der Waals surface area contributed by atoms with E-state index in [2.05, 4.69) is 38.8 Å². The summed E-state index contributed by atoms with van der Waals surface area (Å²) in [6.07, 6.45) is 3.25. The quantitative estimate of drug-likeness (QED) is 0.121. The molecule has 0 bridgehead atoms. The zero-order valence-electron chi connectivity index (χ0n) is 29.8. The molecule has 9 nitrogen and oxygen atoms in total. The Morgan fingerprint density at radius 1 is 1.23 bits per heavy atom. The highest BCUT2D eigenvalue weighted by Gasteiger charge is 2.41. The molecule has 2 unspecified atom stereocenters. The largest absolute Gasteiger partial charge is 0.504 e. The number of alkyl halides is 2.